The smallest absolute Gasteiger partial charge is 0.464 e. The van der Waals surface area contributed by atoms with E-state index in [1.165, 1.54) is 12.1 Å². The molecule has 3 atom stereocenters. The van der Waals surface area contributed by atoms with Gasteiger partial charge >= 0.3 is 12.3 Å². The first-order valence-electron chi connectivity index (χ1n) is 8.94. The minimum atomic E-state index is -4.68. The van der Waals surface area contributed by atoms with Gasteiger partial charge in [-0.25, -0.2) is 0 Å². The van der Waals surface area contributed by atoms with Gasteiger partial charge in [-0.3, -0.25) is 9.69 Å². The number of hydrogen-bond acceptors (Lipinski definition) is 5. The Morgan fingerprint density at radius 2 is 1.85 bits per heavy atom. The monoisotopic (exact) mass is 370 g/mol. The predicted octanol–water partition coefficient (Wildman–Crippen LogP) is 2.94. The molecule has 5 nitrogen and oxygen atoms in total. The summed E-state index contributed by atoms with van der Waals surface area (Å²) < 4.78 is 46.0. The van der Waals surface area contributed by atoms with Crippen molar-refractivity contribution in [1.29, 1.82) is 0 Å². The molecule has 0 bridgehead atoms. The largest absolute Gasteiger partial charge is 0.573 e. The Bertz CT molecular complexity index is 665. The minimum absolute atomic E-state index is 0.132. The van der Waals surface area contributed by atoms with Crippen molar-refractivity contribution >= 4 is 11.7 Å². The van der Waals surface area contributed by atoms with Gasteiger partial charge in [-0.1, -0.05) is 0 Å². The molecule has 0 spiro atoms. The Morgan fingerprint density at radius 3 is 2.50 bits per heavy atom. The number of anilines is 1. The van der Waals surface area contributed by atoms with Gasteiger partial charge in [-0.05, 0) is 50.1 Å². The molecule has 0 saturated carbocycles. The normalized spacial score (nSPS) is 29.6. The standard InChI is InChI=1S/C18H21F3N2O3/c19-18(20,21)26-14-5-3-12(4-6-14)23-9-7-16-15(23)2-1-8-22(16)13-10-17(24)25-11-13/h3-6,13,15-16H,1-2,7-11H2. The zero-order chi connectivity index (χ0) is 18.3. The summed E-state index contributed by atoms with van der Waals surface area (Å²) in [5, 5.41) is 0. The molecule has 0 aromatic heterocycles. The summed E-state index contributed by atoms with van der Waals surface area (Å²) >= 11 is 0. The number of carbonyl (C=O) groups is 1. The van der Waals surface area contributed by atoms with Crippen LogP contribution in [0.25, 0.3) is 0 Å². The molecule has 3 saturated heterocycles. The first kappa shape index (κ1) is 17.5. The molecule has 3 aliphatic heterocycles. The second-order valence-corrected chi connectivity index (χ2v) is 7.08. The van der Waals surface area contributed by atoms with Crippen molar-refractivity contribution in [2.75, 3.05) is 24.6 Å². The number of rotatable bonds is 3. The van der Waals surface area contributed by atoms with Crippen molar-refractivity contribution in [1.82, 2.24) is 4.90 Å². The molecule has 0 aliphatic carbocycles. The summed E-state index contributed by atoms with van der Waals surface area (Å²) in [6.07, 6.45) is -1.16. The summed E-state index contributed by atoms with van der Waals surface area (Å²) in [4.78, 5) is 16.1. The van der Waals surface area contributed by atoms with Crippen LogP contribution in [0.4, 0.5) is 18.9 Å². The van der Waals surface area contributed by atoms with Crippen LogP contribution in [0.1, 0.15) is 25.7 Å². The van der Waals surface area contributed by atoms with E-state index in [4.69, 9.17) is 4.74 Å². The highest BCUT2D eigenvalue weighted by molar-refractivity contribution is 5.72. The fourth-order valence-electron chi connectivity index (χ4n) is 4.55. The van der Waals surface area contributed by atoms with E-state index in [2.05, 4.69) is 14.5 Å². The molecule has 3 unspecified atom stereocenters. The number of carbonyl (C=O) groups excluding carboxylic acids is 1. The molecule has 142 valence electrons. The van der Waals surface area contributed by atoms with Crippen LogP contribution in [-0.4, -0.2) is 55.1 Å². The van der Waals surface area contributed by atoms with Crippen LogP contribution in [0.3, 0.4) is 0 Å². The Morgan fingerprint density at radius 1 is 1.08 bits per heavy atom. The lowest BCUT2D eigenvalue weighted by Gasteiger charge is -2.42. The third kappa shape index (κ3) is 3.47. The zero-order valence-electron chi connectivity index (χ0n) is 14.2. The topological polar surface area (TPSA) is 42.0 Å². The molecule has 0 amide bonds. The van der Waals surface area contributed by atoms with E-state index in [1.807, 2.05) is 0 Å². The number of nitrogens with zero attached hydrogens (tertiary/aromatic N) is 2. The molecule has 3 fully saturated rings. The number of ether oxygens (including phenoxy) is 2. The number of halogens is 3. The lowest BCUT2D eigenvalue weighted by atomic mass is 9.94. The van der Waals surface area contributed by atoms with Crippen LogP contribution < -0.4 is 9.64 Å². The van der Waals surface area contributed by atoms with Crippen molar-refractivity contribution in [3.63, 3.8) is 0 Å². The van der Waals surface area contributed by atoms with E-state index in [0.717, 1.165) is 38.0 Å². The summed E-state index contributed by atoms with van der Waals surface area (Å²) in [6, 6.07) is 6.91. The molecular weight excluding hydrogens is 349 g/mol. The zero-order valence-corrected chi connectivity index (χ0v) is 14.2. The Hall–Kier alpha value is -1.96. The summed E-state index contributed by atoms with van der Waals surface area (Å²) in [5.74, 6) is -0.337. The second kappa shape index (κ2) is 6.64. The van der Waals surface area contributed by atoms with E-state index in [9.17, 15) is 18.0 Å². The lowest BCUT2D eigenvalue weighted by Crippen LogP contribution is -2.53. The number of fused-ring (bicyclic) bond motifs is 1. The van der Waals surface area contributed by atoms with Crippen LogP contribution in [-0.2, 0) is 9.53 Å². The quantitative estimate of drug-likeness (QED) is 0.766. The highest BCUT2D eigenvalue weighted by atomic mass is 19.4. The van der Waals surface area contributed by atoms with Crippen molar-refractivity contribution in [2.24, 2.45) is 0 Å². The van der Waals surface area contributed by atoms with Gasteiger partial charge in [0.2, 0.25) is 0 Å². The van der Waals surface area contributed by atoms with Gasteiger partial charge in [0.05, 0.1) is 12.5 Å². The predicted molar refractivity (Wildman–Crippen MR) is 88.0 cm³/mol. The average Bonchev–Trinajstić information content (AvgIpc) is 3.20. The van der Waals surface area contributed by atoms with Gasteiger partial charge in [-0.2, -0.15) is 0 Å². The van der Waals surface area contributed by atoms with Crippen LogP contribution >= 0.6 is 0 Å². The first-order chi connectivity index (χ1) is 12.4. The number of benzene rings is 1. The van der Waals surface area contributed by atoms with E-state index in [-0.39, 0.29) is 17.8 Å². The van der Waals surface area contributed by atoms with Crippen molar-refractivity contribution in [3.8, 4) is 5.75 Å². The highest BCUT2D eigenvalue weighted by Crippen LogP contribution is 2.37. The maximum Gasteiger partial charge on any atom is 0.573 e. The lowest BCUT2D eigenvalue weighted by molar-refractivity contribution is -0.274. The molecule has 3 heterocycles. The highest BCUT2D eigenvalue weighted by Gasteiger charge is 2.44. The number of alkyl halides is 3. The molecule has 3 aliphatic rings. The number of cyclic esters (lactones) is 1. The number of esters is 1. The fourth-order valence-corrected chi connectivity index (χ4v) is 4.55. The molecule has 0 N–H and O–H groups in total. The molecule has 26 heavy (non-hydrogen) atoms. The molecule has 8 heteroatoms. The number of hydrogen-bond donors (Lipinski definition) is 0. The van der Waals surface area contributed by atoms with Crippen LogP contribution in [0.5, 0.6) is 5.75 Å². The van der Waals surface area contributed by atoms with Gasteiger partial charge in [0.25, 0.3) is 0 Å². The Labute approximate surface area is 149 Å². The maximum absolute atomic E-state index is 12.3. The van der Waals surface area contributed by atoms with Gasteiger partial charge in [0.1, 0.15) is 12.4 Å². The van der Waals surface area contributed by atoms with Crippen LogP contribution in [0.15, 0.2) is 24.3 Å². The molecule has 0 radical (unpaired) electrons. The third-order valence-electron chi connectivity index (χ3n) is 5.56. The molecule has 1 aromatic carbocycles. The maximum atomic E-state index is 12.3. The molecule has 1 aromatic rings. The van der Waals surface area contributed by atoms with Gasteiger partial charge < -0.3 is 14.4 Å². The average molecular weight is 370 g/mol. The Balaban J connectivity index is 1.46. The van der Waals surface area contributed by atoms with E-state index in [1.54, 1.807) is 12.1 Å². The van der Waals surface area contributed by atoms with E-state index < -0.39 is 6.36 Å². The number of piperidine rings is 1. The summed E-state index contributed by atoms with van der Waals surface area (Å²) in [5.41, 5.74) is 0.910. The van der Waals surface area contributed by atoms with Crippen molar-refractivity contribution in [2.45, 2.75) is 50.2 Å². The molecular formula is C18H21F3N2O3. The fraction of sp³-hybridized carbons (Fsp3) is 0.611. The third-order valence-corrected chi connectivity index (χ3v) is 5.56. The van der Waals surface area contributed by atoms with Crippen LogP contribution in [0, 0.1) is 0 Å². The van der Waals surface area contributed by atoms with Gasteiger partial charge in [0, 0.05) is 24.3 Å². The summed E-state index contributed by atoms with van der Waals surface area (Å²) in [7, 11) is 0. The van der Waals surface area contributed by atoms with Crippen LogP contribution in [0.2, 0.25) is 0 Å². The minimum Gasteiger partial charge on any atom is -0.464 e. The first-order valence-corrected chi connectivity index (χ1v) is 8.94. The Kier molecular flexibility index (Phi) is 4.46. The second-order valence-electron chi connectivity index (χ2n) is 7.08. The number of likely N-dealkylation sites (tertiary alicyclic amines) is 1. The SMILES string of the molecule is O=C1CC(N2CCCC3C2CCN3c2ccc(OC(F)(F)F)cc2)CO1. The van der Waals surface area contributed by atoms with Gasteiger partial charge in [-0.15, -0.1) is 13.2 Å². The summed E-state index contributed by atoms with van der Waals surface area (Å²) in [6.45, 7) is 2.28. The van der Waals surface area contributed by atoms with Gasteiger partial charge in [0.15, 0.2) is 0 Å². The van der Waals surface area contributed by atoms with E-state index >= 15 is 0 Å². The van der Waals surface area contributed by atoms with E-state index in [0.29, 0.717) is 25.1 Å². The van der Waals surface area contributed by atoms with Crippen molar-refractivity contribution < 1.29 is 27.4 Å². The molecule has 4 rings (SSSR count). The van der Waals surface area contributed by atoms with Crippen molar-refractivity contribution in [3.05, 3.63) is 24.3 Å².